The Morgan fingerprint density at radius 3 is 2.52 bits per heavy atom. The third kappa shape index (κ3) is 3.56. The first-order valence-electron chi connectivity index (χ1n) is 7.18. The Balaban J connectivity index is 1.74. The van der Waals surface area contributed by atoms with E-state index in [4.69, 9.17) is 0 Å². The van der Waals surface area contributed by atoms with Crippen LogP contribution in [-0.4, -0.2) is 25.6 Å². The number of H-pyrrole nitrogens is 1. The molecule has 3 aromatic rings. The monoisotopic (exact) mass is 315 g/mol. The third-order valence-electron chi connectivity index (χ3n) is 3.63. The molecule has 2 heterocycles. The summed E-state index contributed by atoms with van der Waals surface area (Å²) in [6.45, 7) is 0.898. The first kappa shape index (κ1) is 15.2. The van der Waals surface area contributed by atoms with Crippen molar-refractivity contribution < 1.29 is 8.78 Å². The summed E-state index contributed by atoms with van der Waals surface area (Å²) < 4.78 is 26.4. The van der Waals surface area contributed by atoms with Crippen molar-refractivity contribution in [3.63, 3.8) is 0 Å². The second kappa shape index (κ2) is 6.20. The average Bonchev–Trinajstić information content (AvgIpc) is 3.07. The maximum atomic E-state index is 13.2. The zero-order valence-electron chi connectivity index (χ0n) is 12.5. The molecule has 0 unspecified atom stereocenters. The predicted octanol–water partition coefficient (Wildman–Crippen LogP) is 3.16. The number of tetrazole rings is 1. The lowest BCUT2D eigenvalue weighted by atomic mass is 10.00. The predicted molar refractivity (Wildman–Crippen MR) is 80.8 cm³/mol. The molecule has 3 rings (SSSR count). The van der Waals surface area contributed by atoms with E-state index in [1.807, 2.05) is 6.07 Å². The molecule has 7 heteroatoms. The average molecular weight is 315 g/mol. The van der Waals surface area contributed by atoms with Crippen molar-refractivity contribution in [1.29, 1.82) is 0 Å². The zero-order chi connectivity index (χ0) is 16.3. The van der Waals surface area contributed by atoms with Gasteiger partial charge in [-0.15, -0.1) is 10.2 Å². The largest absolute Gasteiger partial charge is 0.270 e. The minimum atomic E-state index is -2.81. The molecule has 0 saturated carbocycles. The highest BCUT2D eigenvalue weighted by Gasteiger charge is 2.23. The highest BCUT2D eigenvalue weighted by Crippen LogP contribution is 2.27. The van der Waals surface area contributed by atoms with Crippen LogP contribution in [0.4, 0.5) is 8.78 Å². The number of rotatable bonds is 5. The van der Waals surface area contributed by atoms with E-state index in [1.54, 1.807) is 24.5 Å². The molecule has 2 aromatic heterocycles. The number of nitrogens with zero attached hydrogens (tertiary/aromatic N) is 4. The third-order valence-corrected chi connectivity index (χ3v) is 3.63. The first-order valence-corrected chi connectivity index (χ1v) is 7.18. The summed E-state index contributed by atoms with van der Waals surface area (Å²) >= 11 is 0. The zero-order valence-corrected chi connectivity index (χ0v) is 12.5. The fourth-order valence-electron chi connectivity index (χ4n) is 2.36. The molecule has 0 aliphatic rings. The van der Waals surface area contributed by atoms with Crippen molar-refractivity contribution in [3.8, 4) is 11.4 Å². The maximum Gasteiger partial charge on any atom is 0.270 e. The van der Waals surface area contributed by atoms with E-state index in [2.05, 4.69) is 25.6 Å². The molecule has 0 aliphatic heterocycles. The number of aromatic amines is 1. The standard InChI is InChI=1S/C16H15F2N5/c1-16(17,18)13-6-3-11(4-7-13)2-5-12-10-19-9-8-14(12)15-20-22-23-21-15/h3-4,6-10H,2,5H2,1H3,(H,20,21,22,23). The molecule has 23 heavy (non-hydrogen) atoms. The maximum absolute atomic E-state index is 13.2. The number of alkyl halides is 2. The lowest BCUT2D eigenvalue weighted by Crippen LogP contribution is -2.06. The van der Waals surface area contributed by atoms with Gasteiger partial charge in [-0.2, -0.15) is 5.21 Å². The number of aromatic nitrogens is 5. The molecule has 0 spiro atoms. The van der Waals surface area contributed by atoms with Crippen LogP contribution in [0.15, 0.2) is 42.7 Å². The van der Waals surface area contributed by atoms with Gasteiger partial charge in [-0.25, -0.2) is 8.78 Å². The summed E-state index contributed by atoms with van der Waals surface area (Å²) in [5, 5.41) is 14.0. The molecule has 1 aromatic carbocycles. The van der Waals surface area contributed by atoms with Gasteiger partial charge >= 0.3 is 0 Å². The second-order valence-electron chi connectivity index (χ2n) is 5.35. The Morgan fingerprint density at radius 1 is 1.09 bits per heavy atom. The lowest BCUT2D eigenvalue weighted by molar-refractivity contribution is 0.0174. The van der Waals surface area contributed by atoms with Crippen molar-refractivity contribution in [3.05, 3.63) is 59.4 Å². The molecule has 0 saturated heterocycles. The summed E-state index contributed by atoms with van der Waals surface area (Å²) in [6.07, 6.45) is 4.86. The Bertz CT molecular complexity index is 764. The highest BCUT2D eigenvalue weighted by atomic mass is 19.3. The molecule has 0 bridgehead atoms. The van der Waals surface area contributed by atoms with Crippen LogP contribution >= 0.6 is 0 Å². The molecule has 0 fully saturated rings. The molecule has 118 valence electrons. The van der Waals surface area contributed by atoms with E-state index in [-0.39, 0.29) is 5.56 Å². The quantitative estimate of drug-likeness (QED) is 0.785. The SMILES string of the molecule is CC(F)(F)c1ccc(CCc2cnccc2-c2nn[nH]n2)cc1. The van der Waals surface area contributed by atoms with Gasteiger partial charge in [0.15, 0.2) is 0 Å². The molecule has 0 aliphatic carbocycles. The Morgan fingerprint density at radius 2 is 1.87 bits per heavy atom. The Kier molecular flexibility index (Phi) is 4.10. The van der Waals surface area contributed by atoms with E-state index in [0.29, 0.717) is 18.7 Å². The van der Waals surface area contributed by atoms with Crippen molar-refractivity contribution in [2.24, 2.45) is 0 Å². The van der Waals surface area contributed by atoms with Gasteiger partial charge in [0, 0.05) is 30.4 Å². The smallest absolute Gasteiger partial charge is 0.264 e. The second-order valence-corrected chi connectivity index (χ2v) is 5.35. The minimum absolute atomic E-state index is 0.0233. The van der Waals surface area contributed by atoms with Crippen LogP contribution in [-0.2, 0) is 18.8 Å². The minimum Gasteiger partial charge on any atom is -0.264 e. The van der Waals surface area contributed by atoms with E-state index < -0.39 is 5.92 Å². The molecule has 1 N–H and O–H groups in total. The van der Waals surface area contributed by atoms with Gasteiger partial charge in [-0.05, 0) is 35.2 Å². The normalized spacial score (nSPS) is 11.6. The fourth-order valence-corrected chi connectivity index (χ4v) is 2.36. The van der Waals surface area contributed by atoms with Gasteiger partial charge < -0.3 is 0 Å². The summed E-state index contributed by atoms with van der Waals surface area (Å²) in [5.41, 5.74) is 2.86. The first-order chi connectivity index (χ1) is 11.0. The molecule has 0 amide bonds. The van der Waals surface area contributed by atoms with E-state index in [9.17, 15) is 8.78 Å². The van der Waals surface area contributed by atoms with Gasteiger partial charge in [0.25, 0.3) is 5.92 Å². The number of pyridine rings is 1. The van der Waals surface area contributed by atoms with E-state index >= 15 is 0 Å². The topological polar surface area (TPSA) is 67.3 Å². The van der Waals surface area contributed by atoms with Gasteiger partial charge in [0.1, 0.15) is 0 Å². The van der Waals surface area contributed by atoms with Gasteiger partial charge in [-0.3, -0.25) is 4.98 Å². The van der Waals surface area contributed by atoms with Crippen molar-refractivity contribution in [1.82, 2.24) is 25.6 Å². The molecule has 0 radical (unpaired) electrons. The number of benzene rings is 1. The van der Waals surface area contributed by atoms with Crippen molar-refractivity contribution in [2.45, 2.75) is 25.7 Å². The fraction of sp³-hybridized carbons (Fsp3) is 0.250. The molecular formula is C16H15F2N5. The van der Waals surface area contributed by atoms with E-state index in [1.165, 1.54) is 12.1 Å². The molecule has 0 atom stereocenters. The summed E-state index contributed by atoms with van der Waals surface area (Å²) in [5.74, 6) is -2.29. The van der Waals surface area contributed by atoms with Gasteiger partial charge in [0.2, 0.25) is 5.82 Å². The van der Waals surface area contributed by atoms with Crippen LogP contribution in [0.1, 0.15) is 23.6 Å². The Hall–Kier alpha value is -2.70. The number of halogens is 2. The van der Waals surface area contributed by atoms with Crippen LogP contribution in [0, 0.1) is 0 Å². The summed E-state index contributed by atoms with van der Waals surface area (Å²) in [4.78, 5) is 4.13. The number of hydrogen-bond donors (Lipinski definition) is 1. The van der Waals surface area contributed by atoms with Crippen LogP contribution in [0.5, 0.6) is 0 Å². The number of aryl methyl sites for hydroxylation is 2. The van der Waals surface area contributed by atoms with Gasteiger partial charge in [-0.1, -0.05) is 24.3 Å². The van der Waals surface area contributed by atoms with E-state index in [0.717, 1.165) is 23.6 Å². The summed E-state index contributed by atoms with van der Waals surface area (Å²) in [6, 6.07) is 8.24. The highest BCUT2D eigenvalue weighted by molar-refractivity contribution is 5.58. The Labute approximate surface area is 131 Å². The van der Waals surface area contributed by atoms with Crippen molar-refractivity contribution >= 4 is 0 Å². The van der Waals surface area contributed by atoms with Crippen LogP contribution in [0.25, 0.3) is 11.4 Å². The number of nitrogens with one attached hydrogen (secondary N) is 1. The van der Waals surface area contributed by atoms with Gasteiger partial charge in [0.05, 0.1) is 0 Å². The number of hydrogen-bond acceptors (Lipinski definition) is 4. The lowest BCUT2D eigenvalue weighted by Gasteiger charge is -2.11. The van der Waals surface area contributed by atoms with Crippen molar-refractivity contribution in [2.75, 3.05) is 0 Å². The van der Waals surface area contributed by atoms with Crippen LogP contribution < -0.4 is 0 Å². The van der Waals surface area contributed by atoms with Crippen LogP contribution in [0.2, 0.25) is 0 Å². The van der Waals surface area contributed by atoms with Crippen LogP contribution in [0.3, 0.4) is 0 Å². The summed E-state index contributed by atoms with van der Waals surface area (Å²) in [7, 11) is 0. The molecule has 5 nitrogen and oxygen atoms in total. The molecular weight excluding hydrogens is 300 g/mol.